The Bertz CT molecular complexity index is 1200. The molecule has 0 spiro atoms. The Kier molecular flexibility index (Phi) is 6.28. The first-order valence-electron chi connectivity index (χ1n) is 11.0. The van der Waals surface area contributed by atoms with E-state index in [9.17, 15) is 9.59 Å². The van der Waals surface area contributed by atoms with Gasteiger partial charge in [-0.3, -0.25) is 9.59 Å². The number of hydrogen-bond acceptors (Lipinski definition) is 7. The lowest BCUT2D eigenvalue weighted by Crippen LogP contribution is -2.28. The second kappa shape index (κ2) is 9.17. The summed E-state index contributed by atoms with van der Waals surface area (Å²) in [6, 6.07) is 12.5. The molecule has 3 aromatic rings. The first-order valence-corrected chi connectivity index (χ1v) is 11.0. The van der Waals surface area contributed by atoms with E-state index in [4.69, 9.17) is 14.0 Å². The number of anilines is 2. The highest BCUT2D eigenvalue weighted by Crippen LogP contribution is 2.34. The summed E-state index contributed by atoms with van der Waals surface area (Å²) >= 11 is 0. The Morgan fingerprint density at radius 2 is 1.79 bits per heavy atom. The number of aromatic nitrogens is 2. The van der Waals surface area contributed by atoms with Crippen LogP contribution in [0.4, 0.5) is 11.4 Å². The van der Waals surface area contributed by atoms with Gasteiger partial charge in [0, 0.05) is 41.4 Å². The average Bonchev–Trinajstić information content (AvgIpc) is 3.46. The molecule has 2 amide bonds. The minimum atomic E-state index is -0.466. The first-order chi connectivity index (χ1) is 16.2. The molecule has 0 bridgehead atoms. The molecule has 1 aromatic heterocycles. The highest BCUT2D eigenvalue weighted by atomic mass is 16.5. The van der Waals surface area contributed by atoms with E-state index in [-0.39, 0.29) is 30.2 Å². The van der Waals surface area contributed by atoms with Gasteiger partial charge in [-0.25, -0.2) is 0 Å². The molecule has 9 nitrogen and oxygen atoms in total. The predicted molar refractivity (Wildman–Crippen MR) is 127 cm³/mol. The molecule has 0 radical (unpaired) electrons. The molecule has 1 unspecified atom stereocenters. The molecule has 1 N–H and O–H groups in total. The van der Waals surface area contributed by atoms with Crippen LogP contribution in [-0.4, -0.2) is 42.7 Å². The van der Waals surface area contributed by atoms with Gasteiger partial charge < -0.3 is 24.2 Å². The van der Waals surface area contributed by atoms with Crippen molar-refractivity contribution in [1.82, 2.24) is 10.1 Å². The fourth-order valence-electron chi connectivity index (χ4n) is 3.72. The largest absolute Gasteiger partial charge is 0.493 e. The van der Waals surface area contributed by atoms with Crippen LogP contribution in [0.25, 0.3) is 11.4 Å². The number of rotatable bonds is 6. The number of nitrogens with one attached hydrogen (secondary N) is 1. The average molecular weight is 465 g/mol. The van der Waals surface area contributed by atoms with Gasteiger partial charge in [-0.15, -0.1) is 0 Å². The number of amides is 2. The number of methoxy groups -OCH3 is 2. The summed E-state index contributed by atoms with van der Waals surface area (Å²) in [7, 11) is 3.09. The lowest BCUT2D eigenvalue weighted by Gasteiger charge is -2.18. The van der Waals surface area contributed by atoms with Crippen molar-refractivity contribution in [3.05, 3.63) is 48.4 Å². The molecule has 2 heterocycles. The minimum absolute atomic E-state index is 0.116. The van der Waals surface area contributed by atoms with E-state index in [2.05, 4.69) is 15.5 Å². The molecular formula is C25H28N4O5. The van der Waals surface area contributed by atoms with Crippen molar-refractivity contribution in [2.24, 2.45) is 5.92 Å². The summed E-state index contributed by atoms with van der Waals surface area (Å²) in [5.74, 6) is 1.36. The molecule has 178 valence electrons. The monoisotopic (exact) mass is 464 g/mol. The molecule has 0 aliphatic carbocycles. The van der Waals surface area contributed by atoms with Crippen LogP contribution in [0.2, 0.25) is 0 Å². The highest BCUT2D eigenvalue weighted by Gasteiger charge is 2.35. The van der Waals surface area contributed by atoms with Gasteiger partial charge in [0.05, 0.1) is 20.1 Å². The maximum absolute atomic E-state index is 12.9. The number of carbonyl (C=O) groups is 2. The number of carbonyl (C=O) groups excluding carboxylic acids is 2. The van der Waals surface area contributed by atoms with Crippen molar-refractivity contribution in [3.8, 4) is 22.9 Å². The van der Waals surface area contributed by atoms with Crippen molar-refractivity contribution >= 4 is 23.2 Å². The van der Waals surface area contributed by atoms with E-state index >= 15 is 0 Å². The van der Waals surface area contributed by atoms with Crippen molar-refractivity contribution in [2.45, 2.75) is 32.6 Å². The summed E-state index contributed by atoms with van der Waals surface area (Å²) in [5, 5.41) is 6.94. The normalized spacial score (nSPS) is 16.0. The van der Waals surface area contributed by atoms with Gasteiger partial charge in [-0.1, -0.05) is 25.9 Å². The highest BCUT2D eigenvalue weighted by molar-refractivity contribution is 6.03. The molecule has 1 fully saturated rings. The number of benzene rings is 2. The standard InChI is InChI=1S/C25H28N4O5/c1-25(2,3)24-27-22(28-34-24)15-6-8-17(9-7-15)26-23(31)16-12-21(30)29(14-16)18-10-11-19(32-4)20(13-18)33-5/h6-11,13,16H,12,14H2,1-5H3,(H,26,31). The topological polar surface area (TPSA) is 107 Å². The Balaban J connectivity index is 1.41. The van der Waals surface area contributed by atoms with Gasteiger partial charge in [0.15, 0.2) is 11.5 Å². The van der Waals surface area contributed by atoms with E-state index in [1.165, 1.54) is 7.11 Å². The third kappa shape index (κ3) is 4.73. The molecule has 1 aliphatic rings. The molecule has 4 rings (SSSR count). The first kappa shape index (κ1) is 23.3. The van der Waals surface area contributed by atoms with Crippen LogP contribution in [-0.2, 0) is 15.0 Å². The summed E-state index contributed by atoms with van der Waals surface area (Å²) in [5.41, 5.74) is 1.85. The fourth-order valence-corrected chi connectivity index (χ4v) is 3.72. The van der Waals surface area contributed by atoms with E-state index in [1.54, 1.807) is 42.3 Å². The van der Waals surface area contributed by atoms with Crippen molar-refractivity contribution in [1.29, 1.82) is 0 Å². The van der Waals surface area contributed by atoms with Gasteiger partial charge in [-0.05, 0) is 36.4 Å². The lowest BCUT2D eigenvalue weighted by molar-refractivity contribution is -0.122. The molecular weight excluding hydrogens is 436 g/mol. The SMILES string of the molecule is COc1ccc(N2CC(C(=O)Nc3ccc(-c4noc(C(C)(C)C)n4)cc3)CC2=O)cc1OC. The van der Waals surface area contributed by atoms with Crippen molar-refractivity contribution < 1.29 is 23.6 Å². The van der Waals surface area contributed by atoms with E-state index in [0.29, 0.717) is 34.6 Å². The van der Waals surface area contributed by atoms with Gasteiger partial charge in [0.25, 0.3) is 0 Å². The van der Waals surface area contributed by atoms with Crippen molar-refractivity contribution in [3.63, 3.8) is 0 Å². The zero-order valence-corrected chi connectivity index (χ0v) is 19.9. The molecule has 34 heavy (non-hydrogen) atoms. The Morgan fingerprint density at radius 3 is 2.41 bits per heavy atom. The minimum Gasteiger partial charge on any atom is -0.493 e. The Hall–Kier alpha value is -3.88. The summed E-state index contributed by atoms with van der Waals surface area (Å²) in [6.07, 6.45) is 0.136. The summed E-state index contributed by atoms with van der Waals surface area (Å²) in [4.78, 5) is 31.5. The molecule has 1 saturated heterocycles. The van der Waals surface area contributed by atoms with Gasteiger partial charge in [0.2, 0.25) is 23.5 Å². The predicted octanol–water partition coefficient (Wildman–Crippen LogP) is 4.04. The van der Waals surface area contributed by atoms with Gasteiger partial charge >= 0.3 is 0 Å². The Morgan fingerprint density at radius 1 is 1.09 bits per heavy atom. The lowest BCUT2D eigenvalue weighted by atomic mass is 9.97. The van der Waals surface area contributed by atoms with Crippen LogP contribution in [0, 0.1) is 5.92 Å². The van der Waals surface area contributed by atoms with Crippen LogP contribution >= 0.6 is 0 Å². The maximum Gasteiger partial charge on any atom is 0.232 e. The van der Waals surface area contributed by atoms with Crippen LogP contribution < -0.4 is 19.7 Å². The quantitative estimate of drug-likeness (QED) is 0.587. The smallest absolute Gasteiger partial charge is 0.232 e. The second-order valence-corrected chi connectivity index (χ2v) is 9.18. The van der Waals surface area contributed by atoms with E-state index in [0.717, 1.165) is 5.56 Å². The van der Waals surface area contributed by atoms with Gasteiger partial charge in [-0.2, -0.15) is 4.98 Å². The molecule has 0 saturated carbocycles. The van der Waals surface area contributed by atoms with Crippen LogP contribution in [0.3, 0.4) is 0 Å². The molecule has 9 heteroatoms. The van der Waals surface area contributed by atoms with E-state index in [1.807, 2.05) is 32.9 Å². The van der Waals surface area contributed by atoms with E-state index < -0.39 is 5.92 Å². The van der Waals surface area contributed by atoms with Crippen molar-refractivity contribution in [2.75, 3.05) is 31.0 Å². The summed E-state index contributed by atoms with van der Waals surface area (Å²) < 4.78 is 15.9. The Labute approximate surface area is 198 Å². The van der Waals surface area contributed by atoms with Gasteiger partial charge in [0.1, 0.15) is 0 Å². The van der Waals surface area contributed by atoms with Crippen LogP contribution in [0.1, 0.15) is 33.1 Å². The third-order valence-corrected chi connectivity index (χ3v) is 5.65. The fraction of sp³-hybridized carbons (Fsp3) is 0.360. The maximum atomic E-state index is 12.9. The zero-order valence-electron chi connectivity index (χ0n) is 19.9. The van der Waals surface area contributed by atoms with Crippen LogP contribution in [0.5, 0.6) is 11.5 Å². The molecule has 1 aliphatic heterocycles. The number of ether oxygens (including phenoxy) is 2. The summed E-state index contributed by atoms with van der Waals surface area (Å²) in [6.45, 7) is 6.30. The molecule has 2 aromatic carbocycles. The van der Waals surface area contributed by atoms with Crippen LogP contribution in [0.15, 0.2) is 47.0 Å². The second-order valence-electron chi connectivity index (χ2n) is 9.18. The molecule has 1 atom stereocenters. The third-order valence-electron chi connectivity index (χ3n) is 5.65. The number of hydrogen-bond donors (Lipinski definition) is 1. The number of nitrogens with zero attached hydrogens (tertiary/aromatic N) is 3. The zero-order chi connectivity index (χ0) is 24.5.